The van der Waals surface area contributed by atoms with E-state index < -0.39 is 7.12 Å². The Morgan fingerprint density at radius 2 is 1.88 bits per heavy atom. The Morgan fingerprint density at radius 3 is 2.58 bits per heavy atom. The summed E-state index contributed by atoms with van der Waals surface area (Å²) in [4.78, 5) is 8.90. The minimum atomic E-state index is -0.392. The Bertz CT molecular complexity index is 751. The number of nitrogens with zero attached hydrogens (tertiary/aromatic N) is 2. The molecule has 1 unspecified atom stereocenters. The summed E-state index contributed by atoms with van der Waals surface area (Å²) < 4.78 is 18.1. The summed E-state index contributed by atoms with van der Waals surface area (Å²) in [6, 6.07) is 7.98. The molecule has 24 heavy (non-hydrogen) atoms. The number of dihydropyridines is 1. The third-order valence-electron chi connectivity index (χ3n) is 5.04. The molecule has 1 aromatic rings. The van der Waals surface area contributed by atoms with Gasteiger partial charge in [-0.3, -0.25) is 4.99 Å². The Balaban J connectivity index is 1.61. The van der Waals surface area contributed by atoms with Gasteiger partial charge >= 0.3 is 7.12 Å². The Kier molecular flexibility index (Phi) is 3.44. The summed E-state index contributed by atoms with van der Waals surface area (Å²) in [6.07, 6.45) is 4.45. The van der Waals surface area contributed by atoms with E-state index in [1.165, 1.54) is 0 Å². The van der Waals surface area contributed by atoms with Crippen molar-refractivity contribution < 1.29 is 14.0 Å². The van der Waals surface area contributed by atoms with Gasteiger partial charge in [0.2, 0.25) is 5.90 Å². The molecule has 3 aliphatic heterocycles. The van der Waals surface area contributed by atoms with E-state index in [1.807, 2.05) is 36.6 Å². The van der Waals surface area contributed by atoms with Crippen LogP contribution < -0.4 is 5.46 Å². The smallest absolute Gasteiger partial charge is 0.439 e. The monoisotopic (exact) mass is 324 g/mol. The molecule has 0 saturated carbocycles. The lowest BCUT2D eigenvalue weighted by atomic mass is 9.78. The fraction of sp³-hybridized carbons (Fsp3) is 0.444. The third kappa shape index (κ3) is 2.50. The van der Waals surface area contributed by atoms with Gasteiger partial charge in [0.05, 0.1) is 11.2 Å². The molecule has 4 rings (SSSR count). The lowest BCUT2D eigenvalue weighted by Gasteiger charge is -2.32. The van der Waals surface area contributed by atoms with Crippen molar-refractivity contribution in [1.82, 2.24) is 0 Å². The zero-order valence-electron chi connectivity index (χ0n) is 14.4. The van der Waals surface area contributed by atoms with Crippen molar-refractivity contribution in [3.8, 4) is 0 Å². The molecule has 124 valence electrons. The largest absolute Gasteiger partial charge is 0.494 e. The van der Waals surface area contributed by atoms with Gasteiger partial charge in [-0.1, -0.05) is 12.1 Å². The highest BCUT2D eigenvalue weighted by Crippen LogP contribution is 2.36. The molecule has 1 saturated heterocycles. The topological polar surface area (TPSA) is 52.4 Å². The Hall–Kier alpha value is -1.92. The molecule has 0 bridgehead atoms. The van der Waals surface area contributed by atoms with Crippen LogP contribution in [0.3, 0.4) is 0 Å². The fourth-order valence-electron chi connectivity index (χ4n) is 2.88. The molecule has 0 spiro atoms. The summed E-state index contributed by atoms with van der Waals surface area (Å²) in [7, 11) is -0.392. The second kappa shape index (κ2) is 5.29. The van der Waals surface area contributed by atoms with Crippen molar-refractivity contribution in [2.24, 2.45) is 9.98 Å². The van der Waals surface area contributed by atoms with Gasteiger partial charge in [-0.15, -0.1) is 0 Å². The standard InChI is InChI=1S/C18H21BN2O3/c1-17(2)18(3,4)24-19(23-17)13-8-5-7-12(11-13)16-21-15-14(22-16)9-6-10-20-15/h5,7-11,15H,6H2,1-4H3. The highest BCUT2D eigenvalue weighted by Gasteiger charge is 2.51. The number of hydrogen-bond donors (Lipinski definition) is 0. The average molecular weight is 324 g/mol. The number of ether oxygens (including phenoxy) is 1. The number of allylic oxidation sites excluding steroid dienone is 1. The van der Waals surface area contributed by atoms with E-state index in [0.717, 1.165) is 23.2 Å². The molecule has 1 aromatic carbocycles. The van der Waals surface area contributed by atoms with Crippen LogP contribution in [0.1, 0.15) is 39.7 Å². The second-order valence-electron chi connectivity index (χ2n) is 7.30. The molecule has 1 atom stereocenters. The molecule has 0 N–H and O–H groups in total. The summed E-state index contributed by atoms with van der Waals surface area (Å²) in [5.41, 5.74) is 1.16. The van der Waals surface area contributed by atoms with Gasteiger partial charge in [-0.05, 0) is 51.4 Å². The van der Waals surface area contributed by atoms with E-state index >= 15 is 0 Å². The van der Waals surface area contributed by atoms with E-state index in [0.29, 0.717) is 5.90 Å². The maximum absolute atomic E-state index is 6.12. The van der Waals surface area contributed by atoms with Crippen LogP contribution in [-0.4, -0.2) is 36.6 Å². The van der Waals surface area contributed by atoms with Gasteiger partial charge in [0.1, 0.15) is 5.76 Å². The molecule has 0 aromatic heterocycles. The summed E-state index contributed by atoms with van der Waals surface area (Å²) in [6.45, 7) is 8.21. The van der Waals surface area contributed by atoms with Crippen molar-refractivity contribution in [2.45, 2.75) is 51.5 Å². The maximum atomic E-state index is 6.12. The van der Waals surface area contributed by atoms with Crippen LogP contribution in [0.25, 0.3) is 0 Å². The van der Waals surface area contributed by atoms with Gasteiger partial charge in [-0.2, -0.15) is 0 Å². The van der Waals surface area contributed by atoms with Crippen molar-refractivity contribution >= 4 is 24.7 Å². The zero-order chi connectivity index (χ0) is 16.9. The molecule has 0 radical (unpaired) electrons. The molecular weight excluding hydrogens is 303 g/mol. The first kappa shape index (κ1) is 15.6. The molecule has 1 fully saturated rings. The predicted molar refractivity (Wildman–Crippen MR) is 94.8 cm³/mol. The number of fused-ring (bicyclic) bond motifs is 1. The van der Waals surface area contributed by atoms with Crippen molar-refractivity contribution in [3.05, 3.63) is 41.7 Å². The van der Waals surface area contributed by atoms with Crippen LogP contribution in [0.4, 0.5) is 0 Å². The first-order valence-corrected chi connectivity index (χ1v) is 8.29. The van der Waals surface area contributed by atoms with Crippen LogP contribution in [0.5, 0.6) is 0 Å². The molecular formula is C18H21BN2O3. The summed E-state index contributed by atoms with van der Waals surface area (Å²) >= 11 is 0. The minimum absolute atomic E-state index is 0.228. The molecule has 3 heterocycles. The lowest BCUT2D eigenvalue weighted by molar-refractivity contribution is 0.00578. The zero-order valence-corrected chi connectivity index (χ0v) is 14.4. The maximum Gasteiger partial charge on any atom is 0.494 e. The van der Waals surface area contributed by atoms with Gasteiger partial charge in [-0.25, -0.2) is 4.99 Å². The van der Waals surface area contributed by atoms with Crippen molar-refractivity contribution in [3.63, 3.8) is 0 Å². The molecule has 0 aliphatic carbocycles. The number of rotatable bonds is 2. The highest BCUT2D eigenvalue weighted by atomic mass is 16.7. The number of benzene rings is 1. The van der Waals surface area contributed by atoms with Crippen LogP contribution >= 0.6 is 0 Å². The second-order valence-corrected chi connectivity index (χ2v) is 7.30. The number of aliphatic imine (C=N–C) groups is 2. The van der Waals surface area contributed by atoms with E-state index in [4.69, 9.17) is 14.0 Å². The van der Waals surface area contributed by atoms with Crippen LogP contribution in [0, 0.1) is 0 Å². The first-order valence-electron chi connectivity index (χ1n) is 8.29. The van der Waals surface area contributed by atoms with Crippen LogP contribution in [0.2, 0.25) is 0 Å². The molecule has 5 nitrogen and oxygen atoms in total. The Labute approximate surface area is 142 Å². The molecule has 6 heteroatoms. The fourth-order valence-corrected chi connectivity index (χ4v) is 2.88. The van der Waals surface area contributed by atoms with Gasteiger partial charge in [0.15, 0.2) is 6.17 Å². The lowest BCUT2D eigenvalue weighted by Crippen LogP contribution is -2.41. The third-order valence-corrected chi connectivity index (χ3v) is 5.04. The normalized spacial score (nSPS) is 26.7. The van der Waals surface area contributed by atoms with Gasteiger partial charge < -0.3 is 14.0 Å². The predicted octanol–water partition coefficient (Wildman–Crippen LogP) is 2.45. The van der Waals surface area contributed by atoms with E-state index in [2.05, 4.69) is 37.7 Å². The first-order chi connectivity index (χ1) is 11.4. The summed E-state index contributed by atoms with van der Waals surface area (Å²) in [5.74, 6) is 1.41. The van der Waals surface area contributed by atoms with E-state index in [9.17, 15) is 0 Å². The van der Waals surface area contributed by atoms with E-state index in [1.54, 1.807) is 0 Å². The summed E-state index contributed by atoms with van der Waals surface area (Å²) in [5, 5.41) is 0. The van der Waals surface area contributed by atoms with Gasteiger partial charge in [0, 0.05) is 18.2 Å². The number of hydrogen-bond acceptors (Lipinski definition) is 5. The van der Waals surface area contributed by atoms with Crippen LogP contribution in [-0.2, 0) is 14.0 Å². The van der Waals surface area contributed by atoms with Gasteiger partial charge in [0.25, 0.3) is 0 Å². The van der Waals surface area contributed by atoms with Crippen molar-refractivity contribution in [2.75, 3.05) is 0 Å². The SMILES string of the molecule is CC1(C)OB(c2cccc(C3=NC4N=CCC=C4O3)c2)OC1(C)C. The molecule has 0 amide bonds. The van der Waals surface area contributed by atoms with Crippen LogP contribution in [0.15, 0.2) is 46.1 Å². The Morgan fingerprint density at radius 1 is 1.12 bits per heavy atom. The molecule has 3 aliphatic rings. The van der Waals surface area contributed by atoms with Crippen molar-refractivity contribution in [1.29, 1.82) is 0 Å². The van der Waals surface area contributed by atoms with E-state index in [-0.39, 0.29) is 17.4 Å². The minimum Gasteiger partial charge on any atom is -0.439 e. The average Bonchev–Trinajstić information content (AvgIpc) is 3.06. The highest BCUT2D eigenvalue weighted by molar-refractivity contribution is 6.62. The quantitative estimate of drug-likeness (QED) is 0.785.